The Bertz CT molecular complexity index is 1080. The number of benzene rings is 1. The van der Waals surface area contributed by atoms with E-state index >= 15 is 0 Å². The summed E-state index contributed by atoms with van der Waals surface area (Å²) in [4.78, 5) is 45.5. The van der Waals surface area contributed by atoms with E-state index in [2.05, 4.69) is 31.5 Å². The second kappa shape index (κ2) is 8.67. The molecule has 1 fully saturated rings. The minimum Gasteiger partial charge on any atom is -0.383 e. The number of hydrogen-bond donors (Lipinski definition) is 2. The Hall–Kier alpha value is -2.72. The standard InChI is InChI=1S/C22H26BrN5O4/c1-13-10-14(4-7-16(13)23)26-19(29)17-18-20(30)28(15-5-6-15)22(2,11-27(18)12-25-17)21(31)24-8-9-32-3/h4,7,10,12,15H,5-6,8-9,11H2,1-3H3,(H,24,31)(H,26,29). The predicted molar refractivity (Wildman–Crippen MR) is 122 cm³/mol. The first-order chi connectivity index (χ1) is 15.3. The van der Waals surface area contributed by atoms with Crippen molar-refractivity contribution in [2.24, 2.45) is 0 Å². The van der Waals surface area contributed by atoms with Gasteiger partial charge < -0.3 is 24.8 Å². The average Bonchev–Trinajstić information content (AvgIpc) is 3.48. The summed E-state index contributed by atoms with van der Waals surface area (Å²) in [5, 5.41) is 5.68. The molecule has 10 heteroatoms. The highest BCUT2D eigenvalue weighted by atomic mass is 79.9. The minimum absolute atomic E-state index is 0.0191. The molecule has 0 bridgehead atoms. The summed E-state index contributed by atoms with van der Waals surface area (Å²) in [7, 11) is 1.56. The minimum atomic E-state index is -1.07. The van der Waals surface area contributed by atoms with Crippen molar-refractivity contribution in [3.05, 3.63) is 46.0 Å². The Labute approximate surface area is 194 Å². The molecule has 0 spiro atoms. The number of amides is 3. The number of rotatable bonds is 7. The van der Waals surface area contributed by atoms with Crippen molar-refractivity contribution in [2.45, 2.75) is 44.8 Å². The van der Waals surface area contributed by atoms with E-state index in [0.717, 1.165) is 22.9 Å². The van der Waals surface area contributed by atoms with E-state index in [9.17, 15) is 14.4 Å². The number of aryl methyl sites for hydroxylation is 1. The maximum atomic E-state index is 13.6. The first-order valence-corrected chi connectivity index (χ1v) is 11.3. The molecule has 2 aromatic rings. The molecule has 0 radical (unpaired) electrons. The molecule has 1 saturated carbocycles. The maximum Gasteiger partial charge on any atom is 0.276 e. The highest BCUT2D eigenvalue weighted by molar-refractivity contribution is 9.10. The van der Waals surface area contributed by atoms with Crippen LogP contribution in [-0.2, 0) is 16.1 Å². The fourth-order valence-corrected chi connectivity index (χ4v) is 4.34. The fraction of sp³-hybridized carbons (Fsp3) is 0.455. The Morgan fingerprint density at radius 3 is 2.75 bits per heavy atom. The maximum absolute atomic E-state index is 13.6. The summed E-state index contributed by atoms with van der Waals surface area (Å²) < 4.78 is 7.56. The quantitative estimate of drug-likeness (QED) is 0.564. The lowest BCUT2D eigenvalue weighted by atomic mass is 9.94. The van der Waals surface area contributed by atoms with E-state index in [1.807, 2.05) is 19.1 Å². The number of carbonyl (C=O) groups is 3. The van der Waals surface area contributed by atoms with Crippen LogP contribution in [-0.4, -0.2) is 64.0 Å². The molecule has 2 aliphatic rings. The molecule has 0 saturated heterocycles. The van der Waals surface area contributed by atoms with Gasteiger partial charge in [0, 0.05) is 29.9 Å². The molecule has 1 aromatic carbocycles. The molecule has 9 nitrogen and oxygen atoms in total. The van der Waals surface area contributed by atoms with Crippen molar-refractivity contribution in [3.8, 4) is 0 Å². The van der Waals surface area contributed by atoms with Gasteiger partial charge in [-0.2, -0.15) is 0 Å². The van der Waals surface area contributed by atoms with Crippen LogP contribution in [0.4, 0.5) is 5.69 Å². The number of anilines is 1. The third kappa shape index (κ3) is 4.04. The van der Waals surface area contributed by atoms with Gasteiger partial charge in [0.15, 0.2) is 5.69 Å². The lowest BCUT2D eigenvalue weighted by Gasteiger charge is -2.44. The molecule has 1 aliphatic heterocycles. The van der Waals surface area contributed by atoms with E-state index in [1.54, 1.807) is 29.6 Å². The van der Waals surface area contributed by atoms with E-state index in [-0.39, 0.29) is 35.8 Å². The topological polar surface area (TPSA) is 106 Å². The van der Waals surface area contributed by atoms with Crippen molar-refractivity contribution in [3.63, 3.8) is 0 Å². The summed E-state index contributed by atoms with van der Waals surface area (Å²) in [5.74, 6) is -1.05. The van der Waals surface area contributed by atoms with E-state index in [0.29, 0.717) is 18.8 Å². The highest BCUT2D eigenvalue weighted by Gasteiger charge is 2.53. The smallest absolute Gasteiger partial charge is 0.276 e. The number of imidazole rings is 1. The second-order valence-electron chi connectivity index (χ2n) is 8.42. The van der Waals surface area contributed by atoms with Crippen molar-refractivity contribution in [2.75, 3.05) is 25.6 Å². The molecule has 2 heterocycles. The van der Waals surface area contributed by atoms with Crippen molar-refractivity contribution < 1.29 is 19.1 Å². The number of carbonyl (C=O) groups excluding carboxylic acids is 3. The number of halogens is 1. The van der Waals surface area contributed by atoms with Crippen molar-refractivity contribution in [1.82, 2.24) is 19.8 Å². The van der Waals surface area contributed by atoms with Gasteiger partial charge in [0.1, 0.15) is 11.2 Å². The van der Waals surface area contributed by atoms with Crippen LogP contribution in [0.15, 0.2) is 29.0 Å². The molecule has 32 heavy (non-hydrogen) atoms. The van der Waals surface area contributed by atoms with Gasteiger partial charge in [-0.1, -0.05) is 15.9 Å². The van der Waals surface area contributed by atoms with Gasteiger partial charge in [-0.3, -0.25) is 14.4 Å². The van der Waals surface area contributed by atoms with Gasteiger partial charge in [-0.15, -0.1) is 0 Å². The largest absolute Gasteiger partial charge is 0.383 e. The molecule has 2 N–H and O–H groups in total. The van der Waals surface area contributed by atoms with Crippen LogP contribution in [0.3, 0.4) is 0 Å². The molecule has 3 amide bonds. The van der Waals surface area contributed by atoms with Crippen LogP contribution >= 0.6 is 15.9 Å². The fourth-order valence-electron chi connectivity index (χ4n) is 4.09. The Balaban J connectivity index is 1.62. The molecule has 1 aromatic heterocycles. The molecule has 1 atom stereocenters. The van der Waals surface area contributed by atoms with Gasteiger partial charge in [0.25, 0.3) is 11.8 Å². The highest BCUT2D eigenvalue weighted by Crippen LogP contribution is 2.39. The number of aromatic nitrogens is 2. The molecular weight excluding hydrogens is 478 g/mol. The zero-order valence-corrected chi connectivity index (χ0v) is 19.9. The Morgan fingerprint density at radius 1 is 1.34 bits per heavy atom. The Kier molecular flexibility index (Phi) is 6.09. The molecule has 1 aliphatic carbocycles. The molecule has 4 rings (SSSR count). The van der Waals surface area contributed by atoms with Crippen LogP contribution in [0.2, 0.25) is 0 Å². The third-order valence-electron chi connectivity index (χ3n) is 5.89. The van der Waals surface area contributed by atoms with Gasteiger partial charge in [-0.25, -0.2) is 4.98 Å². The number of fused-ring (bicyclic) bond motifs is 1. The number of nitrogens with zero attached hydrogens (tertiary/aromatic N) is 3. The summed E-state index contributed by atoms with van der Waals surface area (Å²) in [6, 6.07) is 5.44. The van der Waals surface area contributed by atoms with Crippen LogP contribution in [0, 0.1) is 6.92 Å². The van der Waals surface area contributed by atoms with Gasteiger partial charge >= 0.3 is 0 Å². The van der Waals surface area contributed by atoms with Crippen LogP contribution < -0.4 is 10.6 Å². The van der Waals surface area contributed by atoms with E-state index in [1.165, 1.54) is 6.33 Å². The Morgan fingerprint density at radius 2 is 2.09 bits per heavy atom. The lowest BCUT2D eigenvalue weighted by molar-refractivity contribution is -0.133. The lowest BCUT2D eigenvalue weighted by Crippen LogP contribution is -2.65. The molecular formula is C22H26BrN5O4. The predicted octanol–water partition coefficient (Wildman–Crippen LogP) is 2.35. The number of ether oxygens (including phenoxy) is 1. The van der Waals surface area contributed by atoms with Crippen LogP contribution in [0.5, 0.6) is 0 Å². The molecule has 1 unspecified atom stereocenters. The van der Waals surface area contributed by atoms with Crippen molar-refractivity contribution in [1.29, 1.82) is 0 Å². The summed E-state index contributed by atoms with van der Waals surface area (Å²) in [6.07, 6.45) is 3.13. The first-order valence-electron chi connectivity index (χ1n) is 10.5. The number of hydrogen-bond acceptors (Lipinski definition) is 5. The first kappa shape index (κ1) is 22.5. The average molecular weight is 504 g/mol. The van der Waals surface area contributed by atoms with Gasteiger partial charge in [0.2, 0.25) is 5.91 Å². The second-order valence-corrected chi connectivity index (χ2v) is 9.27. The number of methoxy groups -OCH3 is 1. The van der Waals surface area contributed by atoms with Gasteiger partial charge in [0.05, 0.1) is 19.5 Å². The summed E-state index contributed by atoms with van der Waals surface area (Å²) >= 11 is 3.44. The van der Waals surface area contributed by atoms with Crippen molar-refractivity contribution >= 4 is 39.3 Å². The van der Waals surface area contributed by atoms with Crippen LogP contribution in [0.1, 0.15) is 46.3 Å². The SMILES string of the molecule is COCCNC(=O)C1(C)Cn2cnc(C(=O)Nc3ccc(Br)c(C)c3)c2C(=O)N1C1CC1. The zero-order chi connectivity index (χ0) is 23.0. The zero-order valence-electron chi connectivity index (χ0n) is 18.3. The van der Waals surface area contributed by atoms with E-state index < -0.39 is 11.4 Å². The van der Waals surface area contributed by atoms with E-state index in [4.69, 9.17) is 4.74 Å². The summed E-state index contributed by atoms with van der Waals surface area (Å²) in [5.41, 5.74) is 0.785. The molecule has 170 valence electrons. The van der Waals surface area contributed by atoms with Crippen LogP contribution in [0.25, 0.3) is 0 Å². The van der Waals surface area contributed by atoms with Gasteiger partial charge in [-0.05, 0) is 50.5 Å². The summed E-state index contributed by atoms with van der Waals surface area (Å²) in [6.45, 7) is 4.65. The monoisotopic (exact) mass is 503 g/mol. The number of nitrogens with one attached hydrogen (secondary N) is 2. The normalized spacial score (nSPS) is 20.1. The third-order valence-corrected chi connectivity index (χ3v) is 6.78.